The lowest BCUT2D eigenvalue weighted by atomic mass is 10.1. The van der Waals surface area contributed by atoms with Crippen molar-refractivity contribution in [2.45, 2.75) is 6.54 Å². The van der Waals surface area contributed by atoms with Crippen molar-refractivity contribution in [1.29, 1.82) is 0 Å². The number of carboxylic acid groups (broad SMARTS) is 1. The Bertz CT molecular complexity index is 931. The molecule has 0 aliphatic carbocycles. The molecule has 0 saturated carbocycles. The van der Waals surface area contributed by atoms with Gasteiger partial charge in [-0.25, -0.2) is 9.18 Å². The third kappa shape index (κ3) is 3.28. The fourth-order valence-electron chi connectivity index (χ4n) is 3.43. The molecule has 1 N–H and O–H groups in total. The predicted octanol–water partition coefficient (Wildman–Crippen LogP) is 3.59. The highest BCUT2D eigenvalue weighted by molar-refractivity contribution is 5.96. The number of carbonyl (C=O) groups is 1. The van der Waals surface area contributed by atoms with Gasteiger partial charge in [-0.2, -0.15) is 0 Å². The number of halogens is 1. The summed E-state index contributed by atoms with van der Waals surface area (Å²) in [5, 5.41) is 9.60. The van der Waals surface area contributed by atoms with Crippen molar-refractivity contribution in [3.05, 3.63) is 65.7 Å². The van der Waals surface area contributed by atoms with Crippen LogP contribution in [-0.4, -0.2) is 42.2 Å². The standard InChI is InChI=1S/C20H19FN2O3/c21-16-10-15-11-18(20(24)25)26-19(15)17(12-16)23-8-6-22(7-9-23)13-14-4-2-1-3-5-14/h1-5,10-12H,6-9,13H2,(H,24,25). The zero-order chi connectivity index (χ0) is 18.1. The molecule has 1 aromatic heterocycles. The zero-order valence-electron chi connectivity index (χ0n) is 14.2. The van der Waals surface area contributed by atoms with Crippen LogP contribution in [0.2, 0.25) is 0 Å². The Labute approximate surface area is 150 Å². The number of fused-ring (bicyclic) bond motifs is 1. The first-order valence-corrected chi connectivity index (χ1v) is 8.58. The van der Waals surface area contributed by atoms with E-state index in [0.29, 0.717) is 16.7 Å². The van der Waals surface area contributed by atoms with Crippen LogP contribution >= 0.6 is 0 Å². The van der Waals surface area contributed by atoms with E-state index >= 15 is 0 Å². The van der Waals surface area contributed by atoms with Crippen molar-refractivity contribution < 1.29 is 18.7 Å². The van der Waals surface area contributed by atoms with Gasteiger partial charge in [0.2, 0.25) is 5.76 Å². The molecule has 2 heterocycles. The second-order valence-corrected chi connectivity index (χ2v) is 6.51. The molecule has 134 valence electrons. The SMILES string of the molecule is O=C(O)c1cc2cc(F)cc(N3CCN(Cc4ccccc4)CC3)c2o1. The van der Waals surface area contributed by atoms with Crippen LogP contribution in [0.3, 0.4) is 0 Å². The lowest BCUT2D eigenvalue weighted by Gasteiger charge is -2.36. The first-order chi connectivity index (χ1) is 12.6. The lowest BCUT2D eigenvalue weighted by Crippen LogP contribution is -2.46. The van der Waals surface area contributed by atoms with E-state index in [2.05, 4.69) is 21.9 Å². The molecule has 0 amide bonds. The predicted molar refractivity (Wildman–Crippen MR) is 97.1 cm³/mol. The van der Waals surface area contributed by atoms with Crippen molar-refractivity contribution in [3.8, 4) is 0 Å². The molecule has 0 atom stereocenters. The van der Waals surface area contributed by atoms with Gasteiger partial charge >= 0.3 is 5.97 Å². The summed E-state index contributed by atoms with van der Waals surface area (Å²) in [6, 6.07) is 14.4. The van der Waals surface area contributed by atoms with Crippen molar-refractivity contribution >= 4 is 22.6 Å². The molecule has 5 nitrogen and oxygen atoms in total. The lowest BCUT2D eigenvalue weighted by molar-refractivity contribution is 0.0665. The van der Waals surface area contributed by atoms with E-state index in [-0.39, 0.29) is 5.76 Å². The second kappa shape index (κ2) is 6.80. The van der Waals surface area contributed by atoms with E-state index in [1.807, 2.05) is 18.2 Å². The smallest absolute Gasteiger partial charge is 0.371 e. The molecule has 0 radical (unpaired) electrons. The Kier molecular flexibility index (Phi) is 4.34. The number of hydrogen-bond donors (Lipinski definition) is 1. The maximum Gasteiger partial charge on any atom is 0.371 e. The van der Waals surface area contributed by atoms with E-state index in [9.17, 15) is 9.18 Å². The highest BCUT2D eigenvalue weighted by Gasteiger charge is 2.22. The van der Waals surface area contributed by atoms with E-state index in [4.69, 9.17) is 9.52 Å². The van der Waals surface area contributed by atoms with Crippen LogP contribution in [0.15, 0.2) is 52.9 Å². The summed E-state index contributed by atoms with van der Waals surface area (Å²) in [4.78, 5) is 15.6. The van der Waals surface area contributed by atoms with Gasteiger partial charge in [-0.3, -0.25) is 4.90 Å². The van der Waals surface area contributed by atoms with Crippen molar-refractivity contribution in [2.75, 3.05) is 31.1 Å². The van der Waals surface area contributed by atoms with Crippen LogP contribution in [0.1, 0.15) is 16.1 Å². The fraction of sp³-hybridized carbons (Fsp3) is 0.250. The Morgan fingerprint density at radius 1 is 1.08 bits per heavy atom. The highest BCUT2D eigenvalue weighted by atomic mass is 19.1. The first-order valence-electron chi connectivity index (χ1n) is 8.58. The Morgan fingerprint density at radius 3 is 2.50 bits per heavy atom. The molecule has 1 fully saturated rings. The first kappa shape index (κ1) is 16.6. The van der Waals surface area contributed by atoms with E-state index < -0.39 is 11.8 Å². The summed E-state index contributed by atoms with van der Waals surface area (Å²) in [5.41, 5.74) is 2.32. The van der Waals surface area contributed by atoms with Crippen LogP contribution in [0.4, 0.5) is 10.1 Å². The number of hydrogen-bond acceptors (Lipinski definition) is 4. The van der Waals surface area contributed by atoms with E-state index in [0.717, 1.165) is 32.7 Å². The fourth-order valence-corrected chi connectivity index (χ4v) is 3.43. The van der Waals surface area contributed by atoms with Crippen LogP contribution in [-0.2, 0) is 6.54 Å². The molecule has 3 aromatic rings. The maximum atomic E-state index is 14.0. The van der Waals surface area contributed by atoms with Crippen molar-refractivity contribution in [2.24, 2.45) is 0 Å². The van der Waals surface area contributed by atoms with Gasteiger partial charge < -0.3 is 14.4 Å². The average molecular weight is 354 g/mol. The number of nitrogens with zero attached hydrogens (tertiary/aromatic N) is 2. The topological polar surface area (TPSA) is 56.9 Å². The van der Waals surface area contributed by atoms with Crippen molar-refractivity contribution in [3.63, 3.8) is 0 Å². The molecule has 4 rings (SSSR count). The second-order valence-electron chi connectivity index (χ2n) is 6.51. The molecule has 26 heavy (non-hydrogen) atoms. The number of carboxylic acids is 1. The molecule has 6 heteroatoms. The summed E-state index contributed by atoms with van der Waals surface area (Å²) >= 11 is 0. The maximum absolute atomic E-state index is 14.0. The molecular weight excluding hydrogens is 335 g/mol. The Morgan fingerprint density at radius 2 is 1.81 bits per heavy atom. The Balaban J connectivity index is 1.53. The number of piperazine rings is 1. The molecular formula is C20H19FN2O3. The van der Waals surface area contributed by atoms with Gasteiger partial charge in [0.05, 0.1) is 5.69 Å². The van der Waals surface area contributed by atoms with Crippen molar-refractivity contribution in [1.82, 2.24) is 4.90 Å². The van der Waals surface area contributed by atoms with Gasteiger partial charge in [0.15, 0.2) is 5.58 Å². The summed E-state index contributed by atoms with van der Waals surface area (Å²) in [6.45, 7) is 4.04. The van der Waals surface area contributed by atoms with Crippen LogP contribution in [0.5, 0.6) is 0 Å². The molecule has 1 aliphatic rings. The van der Waals surface area contributed by atoms with Gasteiger partial charge in [-0.1, -0.05) is 30.3 Å². The number of aromatic carboxylic acids is 1. The third-order valence-electron chi connectivity index (χ3n) is 4.73. The van der Waals surface area contributed by atoms with Gasteiger partial charge in [-0.05, 0) is 17.7 Å². The van der Waals surface area contributed by atoms with Crippen LogP contribution in [0.25, 0.3) is 11.0 Å². The monoisotopic (exact) mass is 354 g/mol. The summed E-state index contributed by atoms with van der Waals surface area (Å²) in [6.07, 6.45) is 0. The minimum atomic E-state index is -1.15. The third-order valence-corrected chi connectivity index (χ3v) is 4.73. The Hall–Kier alpha value is -2.86. The summed E-state index contributed by atoms with van der Waals surface area (Å²) < 4.78 is 19.5. The molecule has 0 spiro atoms. The van der Waals surface area contributed by atoms with Crippen LogP contribution < -0.4 is 4.90 Å². The summed E-state index contributed by atoms with van der Waals surface area (Å²) in [5.74, 6) is -1.72. The molecule has 1 saturated heterocycles. The summed E-state index contributed by atoms with van der Waals surface area (Å²) in [7, 11) is 0. The molecule has 1 aliphatic heterocycles. The van der Waals surface area contributed by atoms with Gasteiger partial charge in [0.25, 0.3) is 0 Å². The molecule has 0 bridgehead atoms. The van der Waals surface area contributed by atoms with E-state index in [1.54, 1.807) is 0 Å². The van der Waals surface area contributed by atoms with Gasteiger partial charge in [-0.15, -0.1) is 0 Å². The number of rotatable bonds is 4. The van der Waals surface area contributed by atoms with E-state index in [1.165, 1.54) is 23.8 Å². The largest absolute Gasteiger partial charge is 0.475 e. The normalized spacial score (nSPS) is 15.5. The minimum Gasteiger partial charge on any atom is -0.475 e. The zero-order valence-corrected chi connectivity index (χ0v) is 14.2. The quantitative estimate of drug-likeness (QED) is 0.776. The average Bonchev–Trinajstić information content (AvgIpc) is 3.07. The van der Waals surface area contributed by atoms with Gasteiger partial charge in [0, 0.05) is 44.2 Å². The minimum absolute atomic E-state index is 0.172. The number of benzene rings is 2. The van der Waals surface area contributed by atoms with Crippen LogP contribution in [0, 0.1) is 5.82 Å². The highest BCUT2D eigenvalue weighted by Crippen LogP contribution is 2.32. The van der Waals surface area contributed by atoms with Gasteiger partial charge in [0.1, 0.15) is 5.82 Å². The number of anilines is 1. The molecule has 0 unspecified atom stereocenters. The molecule has 2 aromatic carbocycles. The number of furan rings is 1.